The molecule has 0 saturated carbocycles. The van der Waals surface area contributed by atoms with E-state index in [4.69, 9.17) is 4.74 Å². The summed E-state index contributed by atoms with van der Waals surface area (Å²) in [5, 5.41) is 5.59. The van der Waals surface area contributed by atoms with Gasteiger partial charge in [-0.2, -0.15) is 0 Å². The minimum Gasteiger partial charge on any atom is -0.444 e. The van der Waals surface area contributed by atoms with Crippen molar-refractivity contribution in [2.24, 2.45) is 0 Å². The van der Waals surface area contributed by atoms with Crippen molar-refractivity contribution in [3.8, 4) is 0 Å². The van der Waals surface area contributed by atoms with Crippen molar-refractivity contribution >= 4 is 23.6 Å². The van der Waals surface area contributed by atoms with E-state index in [9.17, 15) is 14.4 Å². The molecule has 0 fully saturated rings. The largest absolute Gasteiger partial charge is 0.444 e. The first kappa shape index (κ1) is 27.9. The number of nitrogens with one attached hydrogen (secondary N) is 2. The Bertz CT molecular complexity index is 1050. The van der Waals surface area contributed by atoms with Crippen LogP contribution in [0.4, 0.5) is 10.5 Å². The molecule has 0 spiro atoms. The number of para-hydroxylation sites is 1. The van der Waals surface area contributed by atoms with E-state index in [0.717, 1.165) is 33.5 Å². The number of carbonyl (C=O) groups excluding carboxylic acids is 3. The molecule has 0 heterocycles. The zero-order valence-corrected chi connectivity index (χ0v) is 22.2. The molecule has 0 radical (unpaired) electrons. The Labute approximate surface area is 209 Å². The van der Waals surface area contributed by atoms with Gasteiger partial charge in [-0.1, -0.05) is 48.9 Å². The Hall–Kier alpha value is -3.35. The van der Waals surface area contributed by atoms with Crippen molar-refractivity contribution in [3.63, 3.8) is 0 Å². The summed E-state index contributed by atoms with van der Waals surface area (Å²) in [4.78, 5) is 40.8. The van der Waals surface area contributed by atoms with Crippen molar-refractivity contribution < 1.29 is 19.1 Å². The fourth-order valence-corrected chi connectivity index (χ4v) is 3.99. The molecule has 2 aromatic rings. The summed E-state index contributed by atoms with van der Waals surface area (Å²) in [7, 11) is 0. The van der Waals surface area contributed by atoms with Crippen molar-refractivity contribution in [2.45, 2.75) is 73.5 Å². The third-order valence-corrected chi connectivity index (χ3v) is 5.58. The SMILES string of the molecule is CCCN(C(=O)CNC(=O)OC(C)(C)C)C(C(=O)Nc1c(C)cccc1C)c1ccc(C)cc1C. The maximum atomic E-state index is 13.8. The Balaban J connectivity index is 2.42. The highest BCUT2D eigenvalue weighted by Crippen LogP contribution is 2.29. The lowest BCUT2D eigenvalue weighted by Crippen LogP contribution is -2.47. The van der Waals surface area contributed by atoms with Crippen LogP contribution in [0, 0.1) is 27.7 Å². The molecule has 2 aromatic carbocycles. The molecule has 0 saturated heterocycles. The van der Waals surface area contributed by atoms with Crippen LogP contribution in [-0.2, 0) is 14.3 Å². The second-order valence-electron chi connectivity index (χ2n) is 9.96. The van der Waals surface area contributed by atoms with Crippen LogP contribution in [0.3, 0.4) is 0 Å². The molecule has 0 bridgehead atoms. The second kappa shape index (κ2) is 11.9. The number of ether oxygens (including phenoxy) is 1. The Kier molecular flexibility index (Phi) is 9.46. The lowest BCUT2D eigenvalue weighted by Gasteiger charge is -2.32. The Morgan fingerprint density at radius 2 is 1.60 bits per heavy atom. The van der Waals surface area contributed by atoms with Gasteiger partial charge in [0.2, 0.25) is 5.91 Å². The van der Waals surface area contributed by atoms with Gasteiger partial charge in [-0.3, -0.25) is 9.59 Å². The number of rotatable bonds is 8. The van der Waals surface area contributed by atoms with Gasteiger partial charge in [0, 0.05) is 12.2 Å². The third-order valence-electron chi connectivity index (χ3n) is 5.58. The first-order valence-electron chi connectivity index (χ1n) is 12.0. The van der Waals surface area contributed by atoms with Gasteiger partial charge < -0.3 is 20.3 Å². The average molecular weight is 482 g/mol. The van der Waals surface area contributed by atoms with Gasteiger partial charge >= 0.3 is 6.09 Å². The summed E-state index contributed by atoms with van der Waals surface area (Å²) in [5.41, 5.74) is 4.68. The lowest BCUT2D eigenvalue weighted by atomic mass is 9.96. The lowest BCUT2D eigenvalue weighted by molar-refractivity contribution is -0.138. The molecule has 0 aliphatic rings. The van der Waals surface area contributed by atoms with Gasteiger partial charge in [0.05, 0.1) is 0 Å². The van der Waals surface area contributed by atoms with E-state index in [0.29, 0.717) is 13.0 Å². The summed E-state index contributed by atoms with van der Waals surface area (Å²) >= 11 is 0. The predicted molar refractivity (Wildman–Crippen MR) is 139 cm³/mol. The molecular weight excluding hydrogens is 442 g/mol. The van der Waals surface area contributed by atoms with Gasteiger partial charge in [-0.15, -0.1) is 0 Å². The van der Waals surface area contributed by atoms with Gasteiger partial charge in [-0.25, -0.2) is 4.79 Å². The van der Waals surface area contributed by atoms with Crippen molar-refractivity contribution in [3.05, 3.63) is 64.2 Å². The summed E-state index contributed by atoms with van der Waals surface area (Å²) in [6.45, 7) is 15.1. The zero-order valence-electron chi connectivity index (χ0n) is 22.2. The van der Waals surface area contributed by atoms with E-state index < -0.39 is 17.7 Å². The third kappa shape index (κ3) is 7.84. The van der Waals surface area contributed by atoms with Gasteiger partial charge in [-0.05, 0) is 77.1 Å². The molecule has 0 aliphatic carbocycles. The standard InChI is InChI=1S/C28H39N3O4/c1-9-15-31(23(32)17-29-27(34)35-28(6,7)8)25(22-14-13-18(2)16-21(22)5)26(33)30-24-19(3)11-10-12-20(24)4/h10-14,16,25H,9,15,17H2,1-8H3,(H,29,34)(H,30,33). The first-order valence-corrected chi connectivity index (χ1v) is 12.0. The van der Waals surface area contributed by atoms with Crippen LogP contribution < -0.4 is 10.6 Å². The summed E-state index contributed by atoms with van der Waals surface area (Å²) < 4.78 is 5.26. The van der Waals surface area contributed by atoms with Gasteiger partial charge in [0.15, 0.2) is 0 Å². The molecule has 2 N–H and O–H groups in total. The molecule has 7 heteroatoms. The van der Waals surface area contributed by atoms with Crippen LogP contribution in [-0.4, -0.2) is 41.5 Å². The number of carbonyl (C=O) groups is 3. The summed E-state index contributed by atoms with van der Waals surface area (Å²) in [6.07, 6.45) is -0.0265. The monoisotopic (exact) mass is 481 g/mol. The molecule has 190 valence electrons. The van der Waals surface area contributed by atoms with Gasteiger partial charge in [0.1, 0.15) is 18.2 Å². The van der Waals surface area contributed by atoms with Crippen LogP contribution >= 0.6 is 0 Å². The average Bonchev–Trinajstić information content (AvgIpc) is 2.74. The topological polar surface area (TPSA) is 87.7 Å². The highest BCUT2D eigenvalue weighted by molar-refractivity contribution is 5.99. The smallest absolute Gasteiger partial charge is 0.408 e. The van der Waals surface area contributed by atoms with Crippen molar-refractivity contribution in [1.82, 2.24) is 10.2 Å². The zero-order chi connectivity index (χ0) is 26.3. The van der Waals surface area contributed by atoms with E-state index >= 15 is 0 Å². The number of hydrogen-bond acceptors (Lipinski definition) is 4. The summed E-state index contributed by atoms with van der Waals surface area (Å²) in [6, 6.07) is 10.8. The quantitative estimate of drug-likeness (QED) is 0.531. The number of benzene rings is 2. The molecule has 2 rings (SSSR count). The van der Waals surface area contributed by atoms with Crippen LogP contribution in [0.15, 0.2) is 36.4 Å². The van der Waals surface area contributed by atoms with E-state index in [1.54, 1.807) is 20.8 Å². The van der Waals surface area contributed by atoms with Crippen LogP contribution in [0.25, 0.3) is 0 Å². The molecular formula is C28H39N3O4. The fraction of sp³-hybridized carbons (Fsp3) is 0.464. The van der Waals surface area contributed by atoms with Crippen LogP contribution in [0.5, 0.6) is 0 Å². The molecule has 7 nitrogen and oxygen atoms in total. The number of amides is 3. The maximum Gasteiger partial charge on any atom is 0.408 e. The molecule has 0 aliphatic heterocycles. The van der Waals surface area contributed by atoms with E-state index in [2.05, 4.69) is 10.6 Å². The fourth-order valence-electron chi connectivity index (χ4n) is 3.99. The number of nitrogens with zero attached hydrogens (tertiary/aromatic N) is 1. The maximum absolute atomic E-state index is 13.8. The van der Waals surface area contributed by atoms with E-state index in [1.807, 2.05) is 71.0 Å². The van der Waals surface area contributed by atoms with Crippen molar-refractivity contribution in [1.29, 1.82) is 0 Å². The molecule has 0 aromatic heterocycles. The van der Waals surface area contributed by atoms with Crippen LogP contribution in [0.2, 0.25) is 0 Å². The molecule has 3 amide bonds. The predicted octanol–water partition coefficient (Wildman–Crippen LogP) is 5.36. The van der Waals surface area contributed by atoms with Crippen LogP contribution in [0.1, 0.15) is 68.0 Å². The molecule has 35 heavy (non-hydrogen) atoms. The number of anilines is 1. The normalized spacial score (nSPS) is 12.0. The Morgan fingerprint density at radius 1 is 0.971 bits per heavy atom. The molecule has 1 unspecified atom stereocenters. The second-order valence-corrected chi connectivity index (χ2v) is 9.96. The van der Waals surface area contributed by atoms with E-state index in [1.165, 1.54) is 4.90 Å². The molecule has 1 atom stereocenters. The first-order chi connectivity index (χ1) is 16.3. The number of aryl methyl sites for hydroxylation is 4. The highest BCUT2D eigenvalue weighted by atomic mass is 16.6. The van der Waals surface area contributed by atoms with Crippen molar-refractivity contribution in [2.75, 3.05) is 18.4 Å². The number of alkyl carbamates (subject to hydrolysis) is 1. The highest BCUT2D eigenvalue weighted by Gasteiger charge is 2.33. The minimum atomic E-state index is -0.859. The Morgan fingerprint density at radius 3 is 2.14 bits per heavy atom. The summed E-state index contributed by atoms with van der Waals surface area (Å²) in [5.74, 6) is -0.659. The van der Waals surface area contributed by atoms with E-state index in [-0.39, 0.29) is 18.4 Å². The minimum absolute atomic E-state index is 0.271. The number of hydrogen-bond donors (Lipinski definition) is 2. The van der Waals surface area contributed by atoms with Gasteiger partial charge in [0.25, 0.3) is 5.91 Å².